The number of nitrogens with one attached hydrogen (secondary N) is 3. The van der Waals surface area contributed by atoms with Crippen LogP contribution in [0.2, 0.25) is 0 Å². The highest BCUT2D eigenvalue weighted by Crippen LogP contribution is 2.44. The topological polar surface area (TPSA) is 91.5 Å². The highest BCUT2D eigenvalue weighted by molar-refractivity contribution is 6.07. The number of amides is 1. The minimum absolute atomic E-state index is 0.0659. The van der Waals surface area contributed by atoms with Crippen molar-refractivity contribution >= 4 is 17.3 Å². The Morgan fingerprint density at radius 1 is 1.22 bits per heavy atom. The molecule has 1 amide bonds. The second-order valence-electron chi connectivity index (χ2n) is 9.91. The van der Waals surface area contributed by atoms with Gasteiger partial charge in [0.1, 0.15) is 11.5 Å². The fraction of sp³-hybridized carbons (Fsp3) is 0.429. The SMILES string of the molecule is CCOc1ccccc1Nc1c2[nH]c3c1C(=O)NC[C@H]3CCCN1CC[C@@H](COc3cnccc3-2)C1. The van der Waals surface area contributed by atoms with Crippen molar-refractivity contribution in [3.63, 3.8) is 0 Å². The first kappa shape index (κ1) is 22.9. The Morgan fingerprint density at radius 3 is 3.06 bits per heavy atom. The molecule has 2 aromatic heterocycles. The van der Waals surface area contributed by atoms with Crippen LogP contribution in [0.5, 0.6) is 11.5 Å². The molecule has 3 aromatic rings. The molecule has 1 fully saturated rings. The van der Waals surface area contributed by atoms with Crippen molar-refractivity contribution in [2.45, 2.75) is 32.1 Å². The van der Waals surface area contributed by atoms with E-state index in [1.165, 1.54) is 0 Å². The molecule has 0 aliphatic carbocycles. The summed E-state index contributed by atoms with van der Waals surface area (Å²) in [6, 6.07) is 9.80. The van der Waals surface area contributed by atoms with Crippen LogP contribution in [-0.2, 0) is 0 Å². The normalized spacial score (nSPS) is 23.1. The van der Waals surface area contributed by atoms with Crippen LogP contribution in [0.4, 0.5) is 11.4 Å². The Hall–Kier alpha value is -3.52. The van der Waals surface area contributed by atoms with E-state index in [1.807, 2.05) is 37.3 Å². The lowest BCUT2D eigenvalue weighted by Crippen LogP contribution is -2.35. The summed E-state index contributed by atoms with van der Waals surface area (Å²) < 4.78 is 12.3. The summed E-state index contributed by atoms with van der Waals surface area (Å²) in [4.78, 5) is 23.9. The van der Waals surface area contributed by atoms with E-state index in [-0.39, 0.29) is 11.8 Å². The maximum absolute atomic E-state index is 13.3. The lowest BCUT2D eigenvalue weighted by atomic mass is 9.92. The van der Waals surface area contributed by atoms with E-state index in [2.05, 4.69) is 25.5 Å². The summed E-state index contributed by atoms with van der Waals surface area (Å²) in [6.07, 6.45) is 6.83. The van der Waals surface area contributed by atoms with Crippen molar-refractivity contribution in [1.29, 1.82) is 0 Å². The fourth-order valence-corrected chi connectivity index (χ4v) is 5.75. The number of aromatic amines is 1. The fourth-order valence-electron chi connectivity index (χ4n) is 5.75. The van der Waals surface area contributed by atoms with Crippen molar-refractivity contribution in [3.8, 4) is 22.8 Å². The van der Waals surface area contributed by atoms with E-state index in [0.717, 1.165) is 78.7 Å². The minimum atomic E-state index is -0.0659. The van der Waals surface area contributed by atoms with Gasteiger partial charge in [-0.3, -0.25) is 9.78 Å². The molecule has 3 N–H and O–H groups in total. The van der Waals surface area contributed by atoms with Gasteiger partial charge in [-0.05, 0) is 57.5 Å². The van der Waals surface area contributed by atoms with Gasteiger partial charge >= 0.3 is 0 Å². The minimum Gasteiger partial charge on any atom is -0.492 e. The summed E-state index contributed by atoms with van der Waals surface area (Å²) in [5.41, 5.74) is 4.97. The molecule has 1 saturated heterocycles. The zero-order chi connectivity index (χ0) is 24.5. The molecule has 8 nitrogen and oxygen atoms in total. The molecule has 36 heavy (non-hydrogen) atoms. The molecule has 3 aliphatic heterocycles. The maximum atomic E-state index is 13.3. The van der Waals surface area contributed by atoms with Crippen molar-refractivity contribution in [2.24, 2.45) is 5.92 Å². The molecular weight excluding hydrogens is 454 g/mol. The van der Waals surface area contributed by atoms with Gasteiger partial charge in [0.25, 0.3) is 5.91 Å². The summed E-state index contributed by atoms with van der Waals surface area (Å²) >= 11 is 0. The number of para-hydroxylation sites is 2. The number of rotatable bonds is 4. The van der Waals surface area contributed by atoms with Crippen molar-refractivity contribution in [2.75, 3.05) is 44.7 Å². The molecule has 1 unspecified atom stereocenters. The van der Waals surface area contributed by atoms with Crippen LogP contribution in [0.25, 0.3) is 11.3 Å². The molecule has 0 spiro atoms. The summed E-state index contributed by atoms with van der Waals surface area (Å²) in [5, 5.41) is 6.71. The number of carbonyl (C=O) groups is 1. The lowest BCUT2D eigenvalue weighted by Gasteiger charge is -2.25. The number of hydrogen-bond donors (Lipinski definition) is 3. The molecule has 8 heteroatoms. The zero-order valence-corrected chi connectivity index (χ0v) is 20.7. The molecule has 0 radical (unpaired) electrons. The van der Waals surface area contributed by atoms with Crippen molar-refractivity contribution < 1.29 is 14.3 Å². The first-order valence-electron chi connectivity index (χ1n) is 13.0. The first-order valence-corrected chi connectivity index (χ1v) is 13.0. The van der Waals surface area contributed by atoms with E-state index >= 15 is 0 Å². The summed E-state index contributed by atoms with van der Waals surface area (Å²) in [5.74, 6) is 2.15. The number of ether oxygens (including phenoxy) is 2. The van der Waals surface area contributed by atoms with E-state index in [1.54, 1.807) is 12.4 Å². The Labute approximate surface area is 211 Å². The first-order chi connectivity index (χ1) is 17.7. The third kappa shape index (κ3) is 4.30. The number of carbonyl (C=O) groups excluding carboxylic acids is 1. The van der Waals surface area contributed by atoms with Crippen LogP contribution in [0.3, 0.4) is 0 Å². The monoisotopic (exact) mass is 487 g/mol. The highest BCUT2D eigenvalue weighted by Gasteiger charge is 2.34. The highest BCUT2D eigenvalue weighted by atomic mass is 16.5. The quantitative estimate of drug-likeness (QED) is 0.501. The number of pyridine rings is 1. The van der Waals surface area contributed by atoms with Crippen LogP contribution < -0.4 is 20.1 Å². The van der Waals surface area contributed by atoms with E-state index in [9.17, 15) is 4.79 Å². The number of nitrogens with zero attached hydrogens (tertiary/aromatic N) is 2. The largest absolute Gasteiger partial charge is 0.492 e. The lowest BCUT2D eigenvalue weighted by molar-refractivity contribution is 0.0939. The Kier molecular flexibility index (Phi) is 6.27. The van der Waals surface area contributed by atoms with E-state index < -0.39 is 0 Å². The van der Waals surface area contributed by atoms with Crippen LogP contribution in [0.15, 0.2) is 42.7 Å². The van der Waals surface area contributed by atoms with Crippen molar-refractivity contribution in [1.82, 2.24) is 20.2 Å². The Bertz CT molecular complexity index is 1260. The van der Waals surface area contributed by atoms with Gasteiger partial charge in [0.15, 0.2) is 0 Å². The molecule has 188 valence electrons. The van der Waals surface area contributed by atoms with Gasteiger partial charge in [-0.15, -0.1) is 0 Å². The summed E-state index contributed by atoms with van der Waals surface area (Å²) in [7, 11) is 0. The van der Waals surface area contributed by atoms with Crippen LogP contribution in [0.1, 0.15) is 48.2 Å². The predicted molar refractivity (Wildman–Crippen MR) is 139 cm³/mol. The van der Waals surface area contributed by atoms with Crippen LogP contribution >= 0.6 is 0 Å². The number of fused-ring (bicyclic) bond motifs is 5. The molecule has 0 saturated carbocycles. The smallest absolute Gasteiger partial charge is 0.255 e. The number of aromatic nitrogens is 2. The van der Waals surface area contributed by atoms with Gasteiger partial charge in [0.05, 0.1) is 42.0 Å². The maximum Gasteiger partial charge on any atom is 0.255 e. The molecule has 1 aromatic carbocycles. The Morgan fingerprint density at radius 2 is 2.14 bits per heavy atom. The third-order valence-corrected chi connectivity index (χ3v) is 7.55. The van der Waals surface area contributed by atoms with Gasteiger partial charge in [-0.25, -0.2) is 0 Å². The average molecular weight is 488 g/mol. The number of benzene rings is 1. The van der Waals surface area contributed by atoms with Gasteiger partial charge in [-0.2, -0.15) is 0 Å². The standard InChI is InChI=1S/C28H33N5O3/c1-2-35-22-8-4-3-7-21(22)31-27-24-25-19(14-30-28(24)34)6-5-12-33-13-10-18(16-33)17-36-23-15-29-11-9-20(23)26(27)32-25/h3-4,7-9,11,15,18-19,31-32H,2,5-6,10,12-14,16-17H2,1H3,(H,30,34)/t18-,19-/m1/s1. The van der Waals surface area contributed by atoms with Crippen LogP contribution in [-0.4, -0.2) is 60.2 Å². The van der Waals surface area contributed by atoms with Crippen LogP contribution in [0, 0.1) is 5.92 Å². The van der Waals surface area contributed by atoms with Gasteiger partial charge < -0.3 is 30.0 Å². The molecular formula is C28H33N5O3. The second-order valence-corrected chi connectivity index (χ2v) is 9.91. The second kappa shape index (κ2) is 9.85. The van der Waals surface area contributed by atoms with Gasteiger partial charge in [0, 0.05) is 42.4 Å². The number of hydrogen-bond acceptors (Lipinski definition) is 6. The van der Waals surface area contributed by atoms with E-state index in [0.29, 0.717) is 31.2 Å². The molecule has 4 bridgehead atoms. The third-order valence-electron chi connectivity index (χ3n) is 7.55. The number of H-pyrrole nitrogens is 1. The molecule has 3 atom stereocenters. The predicted octanol–water partition coefficient (Wildman–Crippen LogP) is 4.54. The number of anilines is 2. The summed E-state index contributed by atoms with van der Waals surface area (Å²) in [6.45, 7) is 7.11. The van der Waals surface area contributed by atoms with Crippen molar-refractivity contribution in [3.05, 3.63) is 54.0 Å². The zero-order valence-electron chi connectivity index (χ0n) is 20.7. The van der Waals surface area contributed by atoms with E-state index in [4.69, 9.17) is 9.47 Å². The van der Waals surface area contributed by atoms with Gasteiger partial charge in [-0.1, -0.05) is 12.1 Å². The molecule has 5 heterocycles. The Balaban J connectivity index is 1.49. The average Bonchev–Trinajstić information content (AvgIpc) is 3.50. The molecule has 3 aliphatic rings. The van der Waals surface area contributed by atoms with Gasteiger partial charge in [0.2, 0.25) is 0 Å². The molecule has 6 rings (SSSR count).